The fourth-order valence-corrected chi connectivity index (χ4v) is 4.33. The van der Waals surface area contributed by atoms with Gasteiger partial charge in [-0.05, 0) is 62.4 Å². The minimum Gasteiger partial charge on any atom is -0.396 e. The average molecular weight is 341 g/mol. The van der Waals surface area contributed by atoms with Crippen LogP contribution in [-0.2, 0) is 6.54 Å². The summed E-state index contributed by atoms with van der Waals surface area (Å²) in [6.07, 6.45) is 8.65. The third-order valence-corrected chi connectivity index (χ3v) is 5.92. The first-order chi connectivity index (χ1) is 12.3. The Morgan fingerprint density at radius 2 is 1.76 bits per heavy atom. The highest BCUT2D eigenvalue weighted by Gasteiger charge is 2.27. The lowest BCUT2D eigenvalue weighted by Gasteiger charge is -2.36. The normalized spacial score (nSPS) is 26.1. The number of aliphatic hydroxyl groups is 1. The van der Waals surface area contributed by atoms with E-state index in [1.54, 1.807) is 0 Å². The molecule has 25 heavy (non-hydrogen) atoms. The Morgan fingerprint density at radius 1 is 1.04 bits per heavy atom. The van der Waals surface area contributed by atoms with Gasteiger partial charge >= 0.3 is 0 Å². The zero-order chi connectivity index (χ0) is 17.5. The fraction of sp³-hybridized carbons (Fsp3) is 0.667. The van der Waals surface area contributed by atoms with Crippen molar-refractivity contribution in [2.24, 2.45) is 5.92 Å². The standard InChI is InChI=1S/C21H31N3O/c22-14-17-6-8-18(9-7-17)15-24-12-10-20(11-13-24)23-21-5-3-1-2-4-19(21)16-25/h6-9,19-21,23,25H,1-5,10-13,15-16H2. The lowest BCUT2D eigenvalue weighted by molar-refractivity contribution is 0.146. The molecule has 0 bridgehead atoms. The molecule has 4 nitrogen and oxygen atoms in total. The van der Waals surface area contributed by atoms with E-state index < -0.39 is 0 Å². The largest absolute Gasteiger partial charge is 0.396 e. The molecule has 0 aromatic heterocycles. The smallest absolute Gasteiger partial charge is 0.0991 e. The zero-order valence-electron chi connectivity index (χ0n) is 15.2. The summed E-state index contributed by atoms with van der Waals surface area (Å²) in [6, 6.07) is 11.2. The van der Waals surface area contributed by atoms with Crippen LogP contribution in [0.25, 0.3) is 0 Å². The summed E-state index contributed by atoms with van der Waals surface area (Å²) in [4.78, 5) is 2.51. The molecule has 136 valence electrons. The molecule has 0 spiro atoms. The van der Waals surface area contributed by atoms with E-state index in [9.17, 15) is 5.11 Å². The van der Waals surface area contributed by atoms with Crippen molar-refractivity contribution in [3.8, 4) is 6.07 Å². The van der Waals surface area contributed by atoms with E-state index in [0.717, 1.165) is 25.2 Å². The maximum Gasteiger partial charge on any atom is 0.0991 e. The molecule has 2 unspecified atom stereocenters. The summed E-state index contributed by atoms with van der Waals surface area (Å²) in [5, 5.41) is 22.5. The van der Waals surface area contributed by atoms with Crippen LogP contribution in [0.5, 0.6) is 0 Å². The fourth-order valence-electron chi connectivity index (χ4n) is 4.33. The molecule has 2 N–H and O–H groups in total. The molecule has 4 heteroatoms. The lowest BCUT2D eigenvalue weighted by atomic mass is 9.93. The Bertz CT molecular complexity index is 557. The monoisotopic (exact) mass is 341 g/mol. The maximum absolute atomic E-state index is 9.69. The topological polar surface area (TPSA) is 59.3 Å². The van der Waals surface area contributed by atoms with Gasteiger partial charge in [-0.1, -0.05) is 31.4 Å². The van der Waals surface area contributed by atoms with E-state index in [2.05, 4.69) is 28.4 Å². The third-order valence-electron chi connectivity index (χ3n) is 5.92. The molecule has 1 saturated heterocycles. The Morgan fingerprint density at radius 3 is 2.44 bits per heavy atom. The Kier molecular flexibility index (Phi) is 6.86. The summed E-state index contributed by atoms with van der Waals surface area (Å²) in [6.45, 7) is 3.54. The summed E-state index contributed by atoms with van der Waals surface area (Å²) in [5.74, 6) is 0.444. The van der Waals surface area contributed by atoms with Gasteiger partial charge in [0.1, 0.15) is 0 Å². The van der Waals surface area contributed by atoms with Crippen LogP contribution < -0.4 is 5.32 Å². The van der Waals surface area contributed by atoms with Crippen LogP contribution >= 0.6 is 0 Å². The predicted octanol–water partition coefficient (Wildman–Crippen LogP) is 3.05. The first-order valence-corrected chi connectivity index (χ1v) is 9.87. The molecule has 2 atom stereocenters. The number of benzene rings is 1. The average Bonchev–Trinajstić information content (AvgIpc) is 2.89. The highest BCUT2D eigenvalue weighted by atomic mass is 16.3. The van der Waals surface area contributed by atoms with E-state index in [0.29, 0.717) is 24.6 Å². The van der Waals surface area contributed by atoms with Crippen LogP contribution in [0, 0.1) is 17.2 Å². The Labute approximate surface area is 151 Å². The first kappa shape index (κ1) is 18.4. The molecule has 0 radical (unpaired) electrons. The third kappa shape index (κ3) is 5.28. The number of nitrogens with zero attached hydrogens (tertiary/aromatic N) is 2. The van der Waals surface area contributed by atoms with Gasteiger partial charge in [-0.2, -0.15) is 5.26 Å². The van der Waals surface area contributed by atoms with E-state index in [4.69, 9.17) is 5.26 Å². The highest BCUT2D eigenvalue weighted by molar-refractivity contribution is 5.31. The number of likely N-dealkylation sites (tertiary alicyclic amines) is 1. The number of hydrogen-bond donors (Lipinski definition) is 2. The molecule has 3 rings (SSSR count). The molecule has 1 aromatic carbocycles. The molecule has 1 aromatic rings. The van der Waals surface area contributed by atoms with Crippen molar-refractivity contribution in [2.75, 3.05) is 19.7 Å². The molecule has 1 heterocycles. The van der Waals surface area contributed by atoms with Crippen molar-refractivity contribution in [1.29, 1.82) is 5.26 Å². The summed E-state index contributed by atoms with van der Waals surface area (Å²) in [7, 11) is 0. The van der Waals surface area contributed by atoms with Crippen molar-refractivity contribution in [1.82, 2.24) is 10.2 Å². The molecule has 1 aliphatic heterocycles. The van der Waals surface area contributed by atoms with Gasteiger partial charge in [0.25, 0.3) is 0 Å². The molecule has 0 amide bonds. The molecule has 1 aliphatic carbocycles. The predicted molar refractivity (Wildman–Crippen MR) is 100 cm³/mol. The molecular weight excluding hydrogens is 310 g/mol. The van der Waals surface area contributed by atoms with Crippen molar-refractivity contribution >= 4 is 0 Å². The Balaban J connectivity index is 1.45. The number of nitrogens with one attached hydrogen (secondary N) is 1. The number of hydrogen-bond acceptors (Lipinski definition) is 4. The van der Waals surface area contributed by atoms with Crippen LogP contribution in [0.1, 0.15) is 56.1 Å². The minimum absolute atomic E-state index is 0.329. The lowest BCUT2D eigenvalue weighted by Crippen LogP contribution is -2.48. The van der Waals surface area contributed by atoms with Gasteiger partial charge in [0.15, 0.2) is 0 Å². The molecular formula is C21H31N3O. The van der Waals surface area contributed by atoms with Crippen molar-refractivity contribution in [3.63, 3.8) is 0 Å². The summed E-state index contributed by atoms with van der Waals surface area (Å²) in [5.41, 5.74) is 2.02. The van der Waals surface area contributed by atoms with Crippen LogP contribution in [-0.4, -0.2) is 41.8 Å². The zero-order valence-corrected chi connectivity index (χ0v) is 15.2. The van der Waals surface area contributed by atoms with Crippen LogP contribution in [0.3, 0.4) is 0 Å². The minimum atomic E-state index is 0.329. The number of rotatable bonds is 5. The van der Waals surface area contributed by atoms with Crippen LogP contribution in [0.2, 0.25) is 0 Å². The SMILES string of the molecule is N#Cc1ccc(CN2CCC(NC3CCCCCC3CO)CC2)cc1. The highest BCUT2D eigenvalue weighted by Crippen LogP contribution is 2.25. The summed E-state index contributed by atoms with van der Waals surface area (Å²) < 4.78 is 0. The van der Waals surface area contributed by atoms with Gasteiger partial charge in [0, 0.05) is 25.2 Å². The van der Waals surface area contributed by atoms with E-state index >= 15 is 0 Å². The van der Waals surface area contributed by atoms with E-state index in [-0.39, 0.29) is 0 Å². The Hall–Kier alpha value is -1.41. The van der Waals surface area contributed by atoms with Gasteiger partial charge in [0.05, 0.1) is 11.6 Å². The molecule has 2 aliphatic rings. The number of aliphatic hydroxyl groups excluding tert-OH is 1. The van der Waals surface area contributed by atoms with Gasteiger partial charge in [-0.15, -0.1) is 0 Å². The first-order valence-electron chi connectivity index (χ1n) is 9.87. The van der Waals surface area contributed by atoms with Gasteiger partial charge < -0.3 is 10.4 Å². The van der Waals surface area contributed by atoms with Gasteiger partial charge in [-0.25, -0.2) is 0 Å². The van der Waals surface area contributed by atoms with Gasteiger partial charge in [0.2, 0.25) is 0 Å². The second kappa shape index (κ2) is 9.33. The number of nitriles is 1. The summed E-state index contributed by atoms with van der Waals surface area (Å²) >= 11 is 0. The van der Waals surface area contributed by atoms with Gasteiger partial charge in [-0.3, -0.25) is 4.90 Å². The molecule has 2 fully saturated rings. The second-order valence-corrected chi connectivity index (χ2v) is 7.71. The van der Waals surface area contributed by atoms with E-state index in [1.165, 1.54) is 50.5 Å². The van der Waals surface area contributed by atoms with Crippen molar-refractivity contribution in [2.45, 2.75) is 63.6 Å². The van der Waals surface area contributed by atoms with Crippen molar-refractivity contribution < 1.29 is 5.11 Å². The van der Waals surface area contributed by atoms with Crippen molar-refractivity contribution in [3.05, 3.63) is 35.4 Å². The van der Waals surface area contributed by atoms with E-state index in [1.807, 2.05) is 12.1 Å². The quantitative estimate of drug-likeness (QED) is 0.808. The van der Waals surface area contributed by atoms with Crippen LogP contribution in [0.15, 0.2) is 24.3 Å². The maximum atomic E-state index is 9.69. The van der Waals surface area contributed by atoms with Crippen LogP contribution in [0.4, 0.5) is 0 Å². The number of piperidine rings is 1. The molecule has 1 saturated carbocycles. The second-order valence-electron chi connectivity index (χ2n) is 7.71.